The fourth-order valence-corrected chi connectivity index (χ4v) is 1.79. The number of rotatable bonds is 6. The van der Waals surface area contributed by atoms with Gasteiger partial charge in [0.25, 0.3) is 0 Å². The van der Waals surface area contributed by atoms with E-state index in [0.29, 0.717) is 6.04 Å². The van der Waals surface area contributed by atoms with E-state index in [1.54, 1.807) is 0 Å². The van der Waals surface area contributed by atoms with Gasteiger partial charge in [0.05, 0.1) is 12.0 Å². The SMILES string of the molecule is CCC(CC)NCC(C#N)c1ccccc1. The van der Waals surface area contributed by atoms with E-state index in [4.69, 9.17) is 5.26 Å². The second kappa shape index (κ2) is 7.03. The van der Waals surface area contributed by atoms with Gasteiger partial charge in [-0.2, -0.15) is 5.26 Å². The molecule has 0 radical (unpaired) electrons. The molecule has 1 N–H and O–H groups in total. The summed E-state index contributed by atoms with van der Waals surface area (Å²) >= 11 is 0. The number of hydrogen-bond donors (Lipinski definition) is 1. The van der Waals surface area contributed by atoms with Crippen LogP contribution in [0.1, 0.15) is 38.2 Å². The lowest BCUT2D eigenvalue weighted by Gasteiger charge is -2.17. The van der Waals surface area contributed by atoms with Crippen LogP contribution < -0.4 is 5.32 Å². The van der Waals surface area contributed by atoms with Gasteiger partial charge in [-0.25, -0.2) is 0 Å². The minimum Gasteiger partial charge on any atom is -0.312 e. The summed E-state index contributed by atoms with van der Waals surface area (Å²) in [6.07, 6.45) is 2.23. The smallest absolute Gasteiger partial charge is 0.0837 e. The molecule has 86 valence electrons. The Labute approximate surface area is 98.3 Å². The van der Waals surface area contributed by atoms with Crippen LogP contribution in [0.4, 0.5) is 0 Å². The van der Waals surface area contributed by atoms with E-state index < -0.39 is 0 Å². The first kappa shape index (κ1) is 12.7. The van der Waals surface area contributed by atoms with Gasteiger partial charge in [0.1, 0.15) is 0 Å². The Morgan fingerprint density at radius 2 is 1.81 bits per heavy atom. The Hall–Kier alpha value is -1.33. The van der Waals surface area contributed by atoms with Crippen molar-refractivity contribution in [2.45, 2.75) is 38.6 Å². The van der Waals surface area contributed by atoms with Gasteiger partial charge >= 0.3 is 0 Å². The molecule has 0 heterocycles. The summed E-state index contributed by atoms with van der Waals surface area (Å²) < 4.78 is 0. The monoisotopic (exact) mass is 216 g/mol. The molecular weight excluding hydrogens is 196 g/mol. The van der Waals surface area contributed by atoms with Crippen molar-refractivity contribution in [2.24, 2.45) is 0 Å². The van der Waals surface area contributed by atoms with Gasteiger partial charge < -0.3 is 5.32 Å². The average Bonchev–Trinajstić information content (AvgIpc) is 2.36. The molecule has 0 bridgehead atoms. The van der Waals surface area contributed by atoms with Crippen molar-refractivity contribution in [3.63, 3.8) is 0 Å². The van der Waals surface area contributed by atoms with Crippen LogP contribution in [-0.2, 0) is 0 Å². The number of nitriles is 1. The third-order valence-electron chi connectivity index (χ3n) is 2.95. The topological polar surface area (TPSA) is 35.8 Å². The molecule has 16 heavy (non-hydrogen) atoms. The van der Waals surface area contributed by atoms with E-state index >= 15 is 0 Å². The third kappa shape index (κ3) is 3.67. The van der Waals surface area contributed by atoms with Gasteiger partial charge in [-0.3, -0.25) is 0 Å². The first-order chi connectivity index (χ1) is 7.81. The van der Waals surface area contributed by atoms with Crippen molar-refractivity contribution in [2.75, 3.05) is 6.54 Å². The molecule has 2 heteroatoms. The minimum absolute atomic E-state index is 0.0400. The molecule has 1 unspecified atom stereocenters. The van der Waals surface area contributed by atoms with Crippen molar-refractivity contribution in [3.05, 3.63) is 35.9 Å². The Morgan fingerprint density at radius 1 is 1.19 bits per heavy atom. The average molecular weight is 216 g/mol. The van der Waals surface area contributed by atoms with Crippen LogP contribution >= 0.6 is 0 Å². The second-order valence-electron chi connectivity index (χ2n) is 4.01. The summed E-state index contributed by atoms with van der Waals surface area (Å²) in [5.41, 5.74) is 1.10. The molecule has 2 nitrogen and oxygen atoms in total. The summed E-state index contributed by atoms with van der Waals surface area (Å²) in [5.74, 6) is -0.0400. The van der Waals surface area contributed by atoms with E-state index in [0.717, 1.165) is 24.9 Å². The lowest BCUT2D eigenvalue weighted by molar-refractivity contribution is 0.478. The number of nitrogens with zero attached hydrogens (tertiary/aromatic N) is 1. The number of benzene rings is 1. The van der Waals surface area contributed by atoms with Crippen molar-refractivity contribution in [1.82, 2.24) is 5.32 Å². The maximum Gasteiger partial charge on any atom is 0.0837 e. The van der Waals surface area contributed by atoms with Gasteiger partial charge in [-0.15, -0.1) is 0 Å². The Balaban J connectivity index is 2.54. The molecule has 1 aromatic carbocycles. The molecule has 0 spiro atoms. The third-order valence-corrected chi connectivity index (χ3v) is 2.95. The predicted octanol–water partition coefficient (Wildman–Crippen LogP) is 3.07. The van der Waals surface area contributed by atoms with Crippen LogP contribution in [0.15, 0.2) is 30.3 Å². The number of hydrogen-bond acceptors (Lipinski definition) is 2. The van der Waals surface area contributed by atoms with Crippen LogP contribution in [-0.4, -0.2) is 12.6 Å². The summed E-state index contributed by atoms with van der Waals surface area (Å²) in [5, 5.41) is 12.6. The van der Waals surface area contributed by atoms with Crippen LogP contribution in [0.3, 0.4) is 0 Å². The molecule has 0 aliphatic carbocycles. The first-order valence-corrected chi connectivity index (χ1v) is 5.99. The zero-order valence-corrected chi connectivity index (χ0v) is 10.1. The van der Waals surface area contributed by atoms with E-state index in [1.807, 2.05) is 30.3 Å². The maximum absolute atomic E-state index is 9.15. The maximum atomic E-state index is 9.15. The highest BCUT2D eigenvalue weighted by Gasteiger charge is 2.11. The van der Waals surface area contributed by atoms with Crippen molar-refractivity contribution in [3.8, 4) is 6.07 Å². The summed E-state index contributed by atoms with van der Waals surface area (Å²) in [7, 11) is 0. The molecule has 0 saturated carbocycles. The standard InChI is InChI=1S/C14H20N2/c1-3-14(4-2)16-11-13(10-15)12-8-6-5-7-9-12/h5-9,13-14,16H,3-4,11H2,1-2H3. The highest BCUT2D eigenvalue weighted by molar-refractivity contribution is 5.25. The molecule has 1 rings (SSSR count). The zero-order chi connectivity index (χ0) is 11.8. The van der Waals surface area contributed by atoms with E-state index in [-0.39, 0.29) is 5.92 Å². The van der Waals surface area contributed by atoms with Gasteiger partial charge in [0, 0.05) is 12.6 Å². The van der Waals surface area contributed by atoms with Crippen molar-refractivity contribution in [1.29, 1.82) is 5.26 Å². The first-order valence-electron chi connectivity index (χ1n) is 5.99. The number of nitrogens with one attached hydrogen (secondary N) is 1. The molecule has 1 atom stereocenters. The second-order valence-corrected chi connectivity index (χ2v) is 4.01. The fraction of sp³-hybridized carbons (Fsp3) is 0.500. The van der Waals surface area contributed by atoms with E-state index in [9.17, 15) is 0 Å². The predicted molar refractivity (Wildman–Crippen MR) is 67.2 cm³/mol. The van der Waals surface area contributed by atoms with Crippen LogP contribution in [0.25, 0.3) is 0 Å². The lowest BCUT2D eigenvalue weighted by atomic mass is 10.00. The van der Waals surface area contributed by atoms with Crippen LogP contribution in [0.5, 0.6) is 0 Å². The highest BCUT2D eigenvalue weighted by atomic mass is 14.9. The van der Waals surface area contributed by atoms with Gasteiger partial charge in [-0.05, 0) is 18.4 Å². The van der Waals surface area contributed by atoms with Crippen molar-refractivity contribution >= 4 is 0 Å². The van der Waals surface area contributed by atoms with Crippen LogP contribution in [0, 0.1) is 11.3 Å². The van der Waals surface area contributed by atoms with Gasteiger partial charge in [0.15, 0.2) is 0 Å². The van der Waals surface area contributed by atoms with Crippen LogP contribution in [0.2, 0.25) is 0 Å². The van der Waals surface area contributed by atoms with E-state index in [2.05, 4.69) is 25.2 Å². The van der Waals surface area contributed by atoms with E-state index in [1.165, 1.54) is 0 Å². The molecule has 0 aliphatic rings. The lowest BCUT2D eigenvalue weighted by Crippen LogP contribution is -2.31. The summed E-state index contributed by atoms with van der Waals surface area (Å²) in [6.45, 7) is 5.09. The Morgan fingerprint density at radius 3 is 2.31 bits per heavy atom. The largest absolute Gasteiger partial charge is 0.312 e. The molecule has 0 fully saturated rings. The zero-order valence-electron chi connectivity index (χ0n) is 10.1. The highest BCUT2D eigenvalue weighted by Crippen LogP contribution is 2.13. The van der Waals surface area contributed by atoms with Gasteiger partial charge in [0.2, 0.25) is 0 Å². The summed E-state index contributed by atoms with van der Waals surface area (Å²) in [6, 6.07) is 12.9. The normalized spacial score (nSPS) is 12.4. The molecular formula is C14H20N2. The minimum atomic E-state index is -0.0400. The quantitative estimate of drug-likeness (QED) is 0.793. The molecule has 0 aliphatic heterocycles. The molecule has 1 aromatic rings. The Bertz CT molecular complexity index is 322. The molecule has 0 aromatic heterocycles. The fourth-order valence-electron chi connectivity index (χ4n) is 1.79. The van der Waals surface area contributed by atoms with Gasteiger partial charge in [-0.1, -0.05) is 44.2 Å². The van der Waals surface area contributed by atoms with Crippen molar-refractivity contribution < 1.29 is 0 Å². The Kier molecular flexibility index (Phi) is 5.60. The summed E-state index contributed by atoms with van der Waals surface area (Å²) in [4.78, 5) is 0. The molecule has 0 saturated heterocycles. The molecule has 0 amide bonds.